The van der Waals surface area contributed by atoms with Crippen molar-refractivity contribution in [1.29, 1.82) is 5.26 Å². The monoisotopic (exact) mass is 415 g/mol. The molecule has 0 bridgehead atoms. The van der Waals surface area contributed by atoms with Crippen molar-refractivity contribution < 1.29 is 0 Å². The fourth-order valence-electron chi connectivity index (χ4n) is 4.50. The number of rotatable bonds is 6. The number of piperidine rings is 1. The third-order valence-corrected chi connectivity index (χ3v) is 6.04. The Morgan fingerprint density at radius 1 is 1.23 bits per heavy atom. The van der Waals surface area contributed by atoms with Gasteiger partial charge in [0.2, 0.25) is 0 Å². The number of hydrogen-bond donors (Lipinski definition) is 2. The number of nitrogens with one attached hydrogen (secondary N) is 2. The number of nitriles is 1. The minimum absolute atomic E-state index is 0.0566. The smallest absolute Gasteiger partial charge is 0.162 e. The summed E-state index contributed by atoms with van der Waals surface area (Å²) in [5.41, 5.74) is 3.60. The third kappa shape index (κ3) is 3.70. The summed E-state index contributed by atoms with van der Waals surface area (Å²) in [5.74, 6) is 1.70. The van der Waals surface area contributed by atoms with E-state index < -0.39 is 0 Å². The highest BCUT2D eigenvalue weighted by Crippen LogP contribution is 2.32. The zero-order chi connectivity index (χ0) is 21.2. The van der Waals surface area contributed by atoms with Gasteiger partial charge in [0.25, 0.3) is 0 Å². The van der Waals surface area contributed by atoms with Crippen LogP contribution in [0.5, 0.6) is 0 Å². The summed E-state index contributed by atoms with van der Waals surface area (Å²) in [6, 6.07) is 10.9. The number of benzene rings is 1. The maximum atomic E-state index is 8.88. The van der Waals surface area contributed by atoms with E-state index in [4.69, 9.17) is 10.2 Å². The summed E-state index contributed by atoms with van der Waals surface area (Å²) < 4.78 is 2.40. The molecule has 5 rings (SSSR count). The second-order valence-electron chi connectivity index (χ2n) is 8.00. The van der Waals surface area contributed by atoms with E-state index in [1.165, 1.54) is 6.33 Å². The molecule has 0 spiro atoms. The number of aromatic amines is 1. The number of fused-ring (bicyclic) bond motifs is 2. The molecule has 0 radical (unpaired) electrons. The van der Waals surface area contributed by atoms with Crippen LogP contribution >= 0.6 is 0 Å². The SMILES string of the molecule is C[C@H](Nc1ncnc2[nH]cnc12)c1nc2ccccc2n1C1CCN(CCC#N)CC1. The number of likely N-dealkylation sites (tertiary alicyclic amines) is 1. The van der Waals surface area contributed by atoms with Crippen LogP contribution in [-0.4, -0.2) is 54.0 Å². The lowest BCUT2D eigenvalue weighted by Gasteiger charge is -2.33. The van der Waals surface area contributed by atoms with Crippen LogP contribution in [-0.2, 0) is 0 Å². The van der Waals surface area contributed by atoms with E-state index in [-0.39, 0.29) is 6.04 Å². The molecule has 1 aliphatic heterocycles. The molecule has 1 fully saturated rings. The van der Waals surface area contributed by atoms with Crippen molar-refractivity contribution in [2.75, 3.05) is 25.0 Å². The van der Waals surface area contributed by atoms with Crippen molar-refractivity contribution in [3.05, 3.63) is 42.7 Å². The Balaban J connectivity index is 1.45. The highest BCUT2D eigenvalue weighted by Gasteiger charge is 2.26. The molecule has 4 heterocycles. The zero-order valence-corrected chi connectivity index (χ0v) is 17.5. The van der Waals surface area contributed by atoms with E-state index in [2.05, 4.69) is 65.9 Å². The Kier molecular flexibility index (Phi) is 5.22. The zero-order valence-electron chi connectivity index (χ0n) is 17.5. The van der Waals surface area contributed by atoms with Crippen molar-refractivity contribution in [1.82, 2.24) is 34.4 Å². The van der Waals surface area contributed by atoms with Crippen LogP contribution in [0, 0.1) is 11.3 Å². The van der Waals surface area contributed by atoms with Crippen LogP contribution < -0.4 is 5.32 Å². The normalized spacial score (nSPS) is 16.5. The molecule has 1 saturated heterocycles. The number of H-pyrrole nitrogens is 1. The van der Waals surface area contributed by atoms with Gasteiger partial charge in [-0.05, 0) is 31.9 Å². The number of aromatic nitrogens is 6. The number of hydrogen-bond acceptors (Lipinski definition) is 7. The predicted molar refractivity (Wildman–Crippen MR) is 118 cm³/mol. The van der Waals surface area contributed by atoms with Gasteiger partial charge in [0.1, 0.15) is 17.7 Å². The minimum Gasteiger partial charge on any atom is -0.358 e. The van der Waals surface area contributed by atoms with E-state index in [0.717, 1.165) is 54.9 Å². The van der Waals surface area contributed by atoms with Crippen molar-refractivity contribution >= 4 is 28.0 Å². The summed E-state index contributed by atoms with van der Waals surface area (Å²) in [6.45, 7) is 4.96. The molecule has 1 aromatic carbocycles. The molecule has 1 atom stereocenters. The quantitative estimate of drug-likeness (QED) is 0.496. The number of anilines is 1. The lowest BCUT2D eigenvalue weighted by molar-refractivity contribution is 0.190. The van der Waals surface area contributed by atoms with Crippen LogP contribution in [0.2, 0.25) is 0 Å². The Morgan fingerprint density at radius 3 is 2.90 bits per heavy atom. The Morgan fingerprint density at radius 2 is 2.06 bits per heavy atom. The first-order valence-corrected chi connectivity index (χ1v) is 10.7. The average Bonchev–Trinajstić information content (AvgIpc) is 3.43. The molecule has 0 amide bonds. The van der Waals surface area contributed by atoms with Gasteiger partial charge in [-0.15, -0.1) is 0 Å². The average molecular weight is 416 g/mol. The summed E-state index contributed by atoms with van der Waals surface area (Å²) >= 11 is 0. The van der Waals surface area contributed by atoms with Gasteiger partial charge < -0.3 is 19.8 Å². The standard InChI is InChI=1S/C22H25N9/c1-15(28-21-19-20(25-13-24-19)26-14-27-21)22-29-17-5-2-3-6-18(17)31(22)16-7-11-30(12-8-16)10-4-9-23/h2-3,5-6,13-16H,4,7-8,10-12H2,1H3,(H2,24,25,26,27,28)/t15-/m0/s1. The lowest BCUT2D eigenvalue weighted by Crippen LogP contribution is -2.35. The Bertz CT molecular complexity index is 1230. The largest absolute Gasteiger partial charge is 0.358 e. The van der Waals surface area contributed by atoms with Gasteiger partial charge in [-0.1, -0.05) is 12.1 Å². The van der Waals surface area contributed by atoms with Crippen LogP contribution in [0.3, 0.4) is 0 Å². The Hall–Kier alpha value is -3.51. The fraction of sp³-hybridized carbons (Fsp3) is 0.409. The molecule has 0 saturated carbocycles. The summed E-state index contributed by atoms with van der Waals surface area (Å²) in [7, 11) is 0. The molecular weight excluding hydrogens is 390 g/mol. The summed E-state index contributed by atoms with van der Waals surface area (Å²) in [4.78, 5) is 23.4. The van der Waals surface area contributed by atoms with Gasteiger partial charge in [0.15, 0.2) is 11.5 Å². The molecule has 0 aliphatic carbocycles. The van der Waals surface area contributed by atoms with Gasteiger partial charge in [-0.25, -0.2) is 19.9 Å². The van der Waals surface area contributed by atoms with Crippen LogP contribution in [0.25, 0.3) is 22.2 Å². The highest BCUT2D eigenvalue weighted by atomic mass is 15.2. The van der Waals surface area contributed by atoms with Crippen LogP contribution in [0.1, 0.15) is 44.1 Å². The van der Waals surface area contributed by atoms with Crippen LogP contribution in [0.4, 0.5) is 5.82 Å². The second-order valence-corrected chi connectivity index (χ2v) is 8.00. The lowest BCUT2D eigenvalue weighted by atomic mass is 10.0. The maximum absolute atomic E-state index is 8.88. The first-order chi connectivity index (χ1) is 15.2. The summed E-state index contributed by atoms with van der Waals surface area (Å²) in [5, 5.41) is 12.4. The third-order valence-electron chi connectivity index (χ3n) is 6.04. The number of para-hydroxylation sites is 2. The molecule has 0 unspecified atom stereocenters. The van der Waals surface area contributed by atoms with Gasteiger partial charge in [-0.3, -0.25) is 0 Å². The van der Waals surface area contributed by atoms with E-state index in [1.54, 1.807) is 6.33 Å². The summed E-state index contributed by atoms with van der Waals surface area (Å²) in [6.07, 6.45) is 5.84. The van der Waals surface area contributed by atoms with Gasteiger partial charge >= 0.3 is 0 Å². The number of nitrogens with zero attached hydrogens (tertiary/aromatic N) is 7. The minimum atomic E-state index is -0.0566. The molecular formula is C22H25N9. The van der Waals surface area contributed by atoms with Gasteiger partial charge in [0, 0.05) is 32.1 Å². The topological polar surface area (TPSA) is 111 Å². The van der Waals surface area contributed by atoms with Gasteiger partial charge in [-0.2, -0.15) is 5.26 Å². The van der Waals surface area contributed by atoms with Crippen molar-refractivity contribution in [2.24, 2.45) is 0 Å². The predicted octanol–water partition coefficient (Wildman–Crippen LogP) is 3.43. The molecule has 2 N–H and O–H groups in total. The molecule has 9 nitrogen and oxygen atoms in total. The molecule has 1 aliphatic rings. The number of imidazole rings is 2. The molecule has 3 aromatic heterocycles. The van der Waals surface area contributed by atoms with E-state index in [9.17, 15) is 0 Å². The van der Waals surface area contributed by atoms with Crippen LogP contribution in [0.15, 0.2) is 36.9 Å². The molecule has 158 valence electrons. The first kappa shape index (κ1) is 19.5. The van der Waals surface area contributed by atoms with Crippen molar-refractivity contribution in [2.45, 2.75) is 38.3 Å². The van der Waals surface area contributed by atoms with Crippen molar-refractivity contribution in [3.8, 4) is 6.07 Å². The molecule has 9 heteroatoms. The molecule has 31 heavy (non-hydrogen) atoms. The van der Waals surface area contributed by atoms with Gasteiger partial charge in [0.05, 0.1) is 29.5 Å². The van der Waals surface area contributed by atoms with E-state index in [1.807, 2.05) is 6.07 Å². The van der Waals surface area contributed by atoms with E-state index in [0.29, 0.717) is 23.9 Å². The molecule has 4 aromatic rings. The van der Waals surface area contributed by atoms with Crippen molar-refractivity contribution in [3.63, 3.8) is 0 Å². The highest BCUT2D eigenvalue weighted by molar-refractivity contribution is 5.82. The van der Waals surface area contributed by atoms with E-state index >= 15 is 0 Å². The second kappa shape index (κ2) is 8.32. The first-order valence-electron chi connectivity index (χ1n) is 10.7. The Labute approximate surface area is 180 Å². The maximum Gasteiger partial charge on any atom is 0.162 e. The fourth-order valence-corrected chi connectivity index (χ4v) is 4.50.